The van der Waals surface area contributed by atoms with E-state index in [1.807, 2.05) is 33.4 Å². The van der Waals surface area contributed by atoms with Gasteiger partial charge in [-0.25, -0.2) is 0 Å². The smallest absolute Gasteiger partial charge is 0.310 e. The quantitative estimate of drug-likeness (QED) is 0.341. The topological polar surface area (TPSA) is 37.0 Å². The maximum absolute atomic E-state index is 12.8. The van der Waals surface area contributed by atoms with Gasteiger partial charge in [-0.3, -0.25) is 5.41 Å². The number of hydrogen-bond acceptors (Lipinski definition) is 2. The Morgan fingerprint density at radius 2 is 1.31 bits per heavy atom. The second-order valence-electron chi connectivity index (χ2n) is 8.35. The summed E-state index contributed by atoms with van der Waals surface area (Å²) in [6.45, 7) is 16.3. The maximum atomic E-state index is 12.8. The minimum Gasteiger partial charge on any atom is -0.310 e. The molecule has 0 fully saturated rings. The van der Waals surface area contributed by atoms with Crippen LogP contribution in [0.3, 0.4) is 0 Å². The number of hydrogen-bond donors (Lipinski definition) is 1. The first-order valence-corrected chi connectivity index (χ1v) is 11.8. The summed E-state index contributed by atoms with van der Waals surface area (Å²) in [5.41, 5.74) is 4.23. The predicted molar refractivity (Wildman–Crippen MR) is 137 cm³/mol. The first kappa shape index (κ1) is 26.3. The molecule has 3 aromatic rings. The van der Waals surface area contributed by atoms with Crippen molar-refractivity contribution in [2.24, 2.45) is 0 Å². The Labute approximate surface area is 205 Å². The predicted octanol–water partition coefficient (Wildman–Crippen LogP) is 6.33. The Balaban J connectivity index is 1.76. The molecule has 1 aromatic heterocycles. The summed E-state index contributed by atoms with van der Waals surface area (Å²) in [6.07, 6.45) is -0.0680. The molecule has 4 nitrogen and oxygen atoms in total. The second-order valence-corrected chi connectivity index (χ2v) is 8.35. The van der Waals surface area contributed by atoms with E-state index in [9.17, 15) is 13.2 Å². The molecule has 0 amide bonds. The van der Waals surface area contributed by atoms with E-state index < -0.39 is 11.7 Å². The first-order valence-electron chi connectivity index (χ1n) is 11.8. The summed E-state index contributed by atoms with van der Waals surface area (Å²) in [4.78, 5) is 2.32. The van der Waals surface area contributed by atoms with Crippen LogP contribution in [-0.2, 0) is 25.7 Å². The van der Waals surface area contributed by atoms with Gasteiger partial charge >= 0.3 is 6.18 Å². The van der Waals surface area contributed by atoms with Crippen molar-refractivity contribution >= 4 is 12.2 Å². The van der Waals surface area contributed by atoms with E-state index >= 15 is 0 Å². The van der Waals surface area contributed by atoms with E-state index in [0.717, 1.165) is 59.8 Å². The highest BCUT2D eigenvalue weighted by Crippen LogP contribution is 2.31. The van der Waals surface area contributed by atoms with Gasteiger partial charge in [0.25, 0.3) is 0 Å². The monoisotopic (exact) mass is 482 g/mol. The Kier molecular flexibility index (Phi) is 8.57. The average Bonchev–Trinajstić information content (AvgIpc) is 3.13. The number of nitrogens with zero attached hydrogens (tertiary/aromatic N) is 3. The van der Waals surface area contributed by atoms with Crippen molar-refractivity contribution in [1.29, 1.82) is 5.41 Å². The fourth-order valence-corrected chi connectivity index (χ4v) is 4.27. The molecule has 0 saturated heterocycles. The van der Waals surface area contributed by atoms with Gasteiger partial charge in [0.05, 0.1) is 17.0 Å². The fraction of sp³-hybridized carbons (Fsp3) is 0.321. The van der Waals surface area contributed by atoms with Crippen molar-refractivity contribution in [2.45, 2.75) is 39.5 Å². The maximum Gasteiger partial charge on any atom is 0.416 e. The normalized spacial score (nSPS) is 11.7. The highest BCUT2D eigenvalue weighted by molar-refractivity contribution is 5.64. The number of aromatic nitrogens is 2. The van der Waals surface area contributed by atoms with Crippen LogP contribution in [0.2, 0.25) is 0 Å². The molecular weight excluding hydrogens is 449 g/mol. The Hall–Kier alpha value is -3.32. The molecule has 186 valence electrons. The van der Waals surface area contributed by atoms with Gasteiger partial charge in [-0.15, -0.1) is 0 Å². The second kappa shape index (κ2) is 11.4. The molecule has 0 aliphatic heterocycles. The number of alkyl halides is 3. The molecule has 0 aliphatic rings. The first-order chi connectivity index (χ1) is 16.7. The molecule has 3 rings (SSSR count). The zero-order chi connectivity index (χ0) is 25.6. The van der Waals surface area contributed by atoms with Crippen LogP contribution in [0.4, 0.5) is 13.2 Å². The van der Waals surface area contributed by atoms with E-state index in [1.165, 1.54) is 12.1 Å². The minimum atomic E-state index is -4.34. The number of likely N-dealkylation sites (N-methyl/N-ethyl adjacent to an activating group) is 1. The van der Waals surface area contributed by atoms with Gasteiger partial charge in [0.2, 0.25) is 5.62 Å². The zero-order valence-electron chi connectivity index (χ0n) is 20.4. The van der Waals surface area contributed by atoms with Gasteiger partial charge in [0, 0.05) is 19.6 Å². The third kappa shape index (κ3) is 6.03. The van der Waals surface area contributed by atoms with Crippen LogP contribution >= 0.6 is 0 Å². The van der Waals surface area contributed by atoms with Crippen LogP contribution in [0.15, 0.2) is 61.7 Å². The lowest BCUT2D eigenvalue weighted by Gasteiger charge is -2.18. The van der Waals surface area contributed by atoms with Gasteiger partial charge < -0.3 is 14.0 Å². The third-order valence-corrected chi connectivity index (χ3v) is 6.40. The van der Waals surface area contributed by atoms with E-state index in [0.29, 0.717) is 25.1 Å². The van der Waals surface area contributed by atoms with Crippen LogP contribution < -0.4 is 5.62 Å². The minimum absolute atomic E-state index is 0.420. The summed E-state index contributed by atoms with van der Waals surface area (Å²) < 4.78 is 42.4. The van der Waals surface area contributed by atoms with Gasteiger partial charge in [-0.1, -0.05) is 63.4 Å². The van der Waals surface area contributed by atoms with Crippen LogP contribution in [0.5, 0.6) is 0 Å². The highest BCUT2D eigenvalue weighted by atomic mass is 19.4. The lowest BCUT2D eigenvalue weighted by atomic mass is 10.0. The van der Waals surface area contributed by atoms with E-state index in [-0.39, 0.29) is 0 Å². The Bertz CT molecular complexity index is 1200. The van der Waals surface area contributed by atoms with Crippen molar-refractivity contribution < 1.29 is 13.2 Å². The third-order valence-electron chi connectivity index (χ3n) is 6.40. The molecule has 0 aliphatic carbocycles. The summed E-state index contributed by atoms with van der Waals surface area (Å²) >= 11 is 0. The van der Waals surface area contributed by atoms with Crippen LogP contribution in [0.1, 0.15) is 36.4 Å². The van der Waals surface area contributed by atoms with Crippen molar-refractivity contribution in [1.82, 2.24) is 14.0 Å². The lowest BCUT2D eigenvalue weighted by Crippen LogP contribution is -2.32. The lowest BCUT2D eigenvalue weighted by molar-refractivity contribution is -0.137. The largest absolute Gasteiger partial charge is 0.416 e. The standard InChI is InChI=1S/C28H33F3N4/c1-5-25-26(6-2)35(20-19-33(7-3)8-4)27(32)34(25)18-17-21-9-11-22(12-10-21)23-13-15-24(16-14-23)28(29,30)31/h5-6,9-16,32H,1-2,7-8,17-20H2,3-4H3. The summed E-state index contributed by atoms with van der Waals surface area (Å²) in [5.74, 6) is 0. The highest BCUT2D eigenvalue weighted by Gasteiger charge is 2.29. The molecular formula is C28H33F3N4. The van der Waals surface area contributed by atoms with E-state index in [4.69, 9.17) is 5.41 Å². The van der Waals surface area contributed by atoms with Gasteiger partial charge in [-0.05, 0) is 60.5 Å². The number of aryl methyl sites for hydroxylation is 1. The molecule has 2 aromatic carbocycles. The molecule has 0 spiro atoms. The summed E-state index contributed by atoms with van der Waals surface area (Å²) in [5, 5.41) is 8.78. The number of nitrogens with one attached hydrogen (secondary N) is 1. The van der Waals surface area contributed by atoms with Crippen LogP contribution in [0, 0.1) is 5.41 Å². The number of rotatable bonds is 11. The SMILES string of the molecule is C=Cc1c(C=C)n(CCN(CC)CC)c(=N)n1CCc1ccc(-c2ccc(C(F)(F)F)cc2)cc1. The van der Waals surface area contributed by atoms with Crippen molar-refractivity contribution in [2.75, 3.05) is 19.6 Å². The number of imidazole rings is 1. The Morgan fingerprint density at radius 1 is 0.829 bits per heavy atom. The number of halogens is 3. The van der Waals surface area contributed by atoms with Gasteiger partial charge in [0.1, 0.15) is 0 Å². The van der Waals surface area contributed by atoms with Crippen molar-refractivity contribution in [3.05, 3.63) is 89.8 Å². The molecule has 0 atom stereocenters. The molecule has 0 bridgehead atoms. The molecule has 0 unspecified atom stereocenters. The molecule has 0 radical (unpaired) electrons. The van der Waals surface area contributed by atoms with Crippen LogP contribution in [-0.4, -0.2) is 33.7 Å². The molecule has 35 heavy (non-hydrogen) atoms. The van der Waals surface area contributed by atoms with E-state index in [1.54, 1.807) is 12.2 Å². The molecule has 1 N–H and O–H groups in total. The molecule has 0 saturated carbocycles. The van der Waals surface area contributed by atoms with Gasteiger partial charge in [-0.2, -0.15) is 13.2 Å². The number of benzene rings is 2. The van der Waals surface area contributed by atoms with E-state index in [2.05, 4.69) is 31.9 Å². The molecule has 1 heterocycles. The molecule has 7 heteroatoms. The van der Waals surface area contributed by atoms with Crippen molar-refractivity contribution in [3.63, 3.8) is 0 Å². The summed E-state index contributed by atoms with van der Waals surface area (Å²) in [7, 11) is 0. The van der Waals surface area contributed by atoms with Crippen LogP contribution in [0.25, 0.3) is 23.3 Å². The zero-order valence-corrected chi connectivity index (χ0v) is 20.4. The average molecular weight is 483 g/mol. The van der Waals surface area contributed by atoms with Crippen molar-refractivity contribution in [3.8, 4) is 11.1 Å². The fourth-order valence-electron chi connectivity index (χ4n) is 4.27. The summed E-state index contributed by atoms with van der Waals surface area (Å²) in [6, 6.07) is 13.0. The van der Waals surface area contributed by atoms with Gasteiger partial charge in [0.15, 0.2) is 0 Å². The Morgan fingerprint density at radius 3 is 1.77 bits per heavy atom.